The molecule has 0 saturated carbocycles. The van der Waals surface area contributed by atoms with Crippen LogP contribution in [0.1, 0.15) is 19.8 Å². The molecular weight excluding hydrogens is 244 g/mol. The number of nitrogens with two attached hydrogens (primary N) is 1. The van der Waals surface area contributed by atoms with Crippen LogP contribution in [0.2, 0.25) is 0 Å². The second-order valence-electron chi connectivity index (χ2n) is 4.28. The largest absolute Gasteiger partial charge is 0.493 e. The Kier molecular flexibility index (Phi) is 4.61. The number of benzene rings is 1. The zero-order valence-electron chi connectivity index (χ0n) is 9.95. The number of hydrogen-bond donors (Lipinski definition) is 2. The number of hydrogen-bond acceptors (Lipinski definition) is 3. The molecule has 0 spiro atoms. The Morgan fingerprint density at radius 1 is 1.39 bits per heavy atom. The summed E-state index contributed by atoms with van der Waals surface area (Å²) in [5.41, 5.74) is 4.19. The van der Waals surface area contributed by atoms with Crippen LogP contribution < -0.4 is 10.5 Å². The van der Waals surface area contributed by atoms with Crippen molar-refractivity contribution in [1.82, 2.24) is 0 Å². The second kappa shape index (κ2) is 5.77. The maximum atomic E-state index is 12.8. The van der Waals surface area contributed by atoms with Gasteiger partial charge in [0.25, 0.3) is 0 Å². The highest BCUT2D eigenvalue weighted by Gasteiger charge is 2.26. The van der Waals surface area contributed by atoms with Gasteiger partial charge in [0.15, 0.2) is 0 Å². The number of carboxylic acid groups (broad SMARTS) is 1. The lowest BCUT2D eigenvalue weighted by Crippen LogP contribution is -2.44. The van der Waals surface area contributed by atoms with Crippen molar-refractivity contribution in [3.63, 3.8) is 0 Å². The molecule has 0 amide bonds. The van der Waals surface area contributed by atoms with Gasteiger partial charge in [0.05, 0.1) is 6.61 Å². The minimum absolute atomic E-state index is 0.0709. The number of aliphatic carboxylic acids is 1. The van der Waals surface area contributed by atoms with Crippen molar-refractivity contribution in [3.05, 3.63) is 29.8 Å². The first kappa shape index (κ1) is 14.4. The molecule has 1 rings (SSSR count). The minimum atomic E-state index is -1.32. The first-order chi connectivity index (χ1) is 8.31. The lowest BCUT2D eigenvalue weighted by molar-refractivity contribution is -0.142. The van der Waals surface area contributed by atoms with E-state index >= 15 is 0 Å². The number of halogens is 2. The maximum Gasteiger partial charge on any atom is 0.323 e. The van der Waals surface area contributed by atoms with E-state index in [9.17, 15) is 13.6 Å². The van der Waals surface area contributed by atoms with Crippen molar-refractivity contribution in [1.29, 1.82) is 0 Å². The van der Waals surface area contributed by atoms with Crippen LogP contribution in [0.25, 0.3) is 0 Å². The van der Waals surface area contributed by atoms with E-state index in [2.05, 4.69) is 0 Å². The van der Waals surface area contributed by atoms with Gasteiger partial charge in [-0.2, -0.15) is 0 Å². The molecule has 0 bridgehead atoms. The zero-order chi connectivity index (χ0) is 13.8. The Hall–Kier alpha value is -1.69. The summed E-state index contributed by atoms with van der Waals surface area (Å²) in [7, 11) is 0. The molecule has 1 aromatic rings. The Balaban J connectivity index is 2.40. The van der Waals surface area contributed by atoms with Crippen LogP contribution in [-0.2, 0) is 4.79 Å². The van der Waals surface area contributed by atoms with E-state index in [0.717, 1.165) is 18.2 Å². The van der Waals surface area contributed by atoms with E-state index in [1.54, 1.807) is 0 Å². The lowest BCUT2D eigenvalue weighted by atomic mass is 9.98. The Morgan fingerprint density at radius 2 is 1.94 bits per heavy atom. The average Bonchev–Trinajstić information content (AvgIpc) is 2.23. The van der Waals surface area contributed by atoms with E-state index < -0.39 is 23.1 Å². The fourth-order valence-electron chi connectivity index (χ4n) is 1.35. The molecule has 1 aromatic carbocycles. The average molecular weight is 259 g/mol. The number of carbonyl (C=O) groups is 1. The van der Waals surface area contributed by atoms with Gasteiger partial charge in [0.1, 0.15) is 22.9 Å². The van der Waals surface area contributed by atoms with Gasteiger partial charge in [-0.1, -0.05) is 0 Å². The van der Waals surface area contributed by atoms with Gasteiger partial charge >= 0.3 is 5.97 Å². The van der Waals surface area contributed by atoms with Gasteiger partial charge in [-0.25, -0.2) is 8.78 Å². The molecule has 4 nitrogen and oxygen atoms in total. The minimum Gasteiger partial charge on any atom is -0.493 e. The van der Waals surface area contributed by atoms with Gasteiger partial charge in [-0.15, -0.1) is 0 Å². The quantitative estimate of drug-likeness (QED) is 0.765. The standard InChI is InChI=1S/C12H15F2NO3/c1-12(15,11(16)17)3-2-4-18-10-6-8(13)5-9(14)7-10/h5-7H,2-4,15H2,1H3,(H,16,17). The molecule has 100 valence electrons. The molecular formula is C12H15F2NO3. The topological polar surface area (TPSA) is 72.5 Å². The molecule has 0 fully saturated rings. The Morgan fingerprint density at radius 3 is 2.44 bits per heavy atom. The van der Waals surface area contributed by atoms with Crippen molar-refractivity contribution in [2.24, 2.45) is 5.73 Å². The van der Waals surface area contributed by atoms with E-state index in [1.165, 1.54) is 6.92 Å². The van der Waals surface area contributed by atoms with Gasteiger partial charge in [-0.3, -0.25) is 4.79 Å². The van der Waals surface area contributed by atoms with E-state index in [4.69, 9.17) is 15.6 Å². The molecule has 0 heterocycles. The van der Waals surface area contributed by atoms with Crippen molar-refractivity contribution in [2.45, 2.75) is 25.3 Å². The SMILES string of the molecule is CC(N)(CCCOc1cc(F)cc(F)c1)C(=O)O. The van der Waals surface area contributed by atoms with Crippen molar-refractivity contribution in [3.8, 4) is 5.75 Å². The maximum absolute atomic E-state index is 12.8. The third-order valence-corrected chi connectivity index (χ3v) is 2.43. The summed E-state index contributed by atoms with van der Waals surface area (Å²) < 4.78 is 30.7. The lowest BCUT2D eigenvalue weighted by Gasteiger charge is -2.18. The van der Waals surface area contributed by atoms with Crippen LogP contribution in [0.5, 0.6) is 5.75 Å². The highest BCUT2D eigenvalue weighted by Crippen LogP contribution is 2.16. The highest BCUT2D eigenvalue weighted by atomic mass is 19.1. The molecule has 6 heteroatoms. The van der Waals surface area contributed by atoms with Crippen molar-refractivity contribution in [2.75, 3.05) is 6.61 Å². The molecule has 0 aliphatic carbocycles. The van der Waals surface area contributed by atoms with Gasteiger partial charge in [0, 0.05) is 18.2 Å². The Bertz CT molecular complexity index is 415. The first-order valence-electron chi connectivity index (χ1n) is 5.42. The van der Waals surface area contributed by atoms with E-state index in [1.807, 2.05) is 0 Å². The summed E-state index contributed by atoms with van der Waals surface area (Å²) in [6, 6.07) is 2.86. The predicted molar refractivity (Wildman–Crippen MR) is 61.3 cm³/mol. The van der Waals surface area contributed by atoms with E-state index in [0.29, 0.717) is 6.42 Å². The third-order valence-electron chi connectivity index (χ3n) is 2.43. The predicted octanol–water partition coefficient (Wildman–Crippen LogP) is 1.93. The van der Waals surface area contributed by atoms with Crippen molar-refractivity contribution >= 4 is 5.97 Å². The molecule has 1 unspecified atom stereocenters. The Labute approximate surface area is 103 Å². The number of carboxylic acids is 1. The fraction of sp³-hybridized carbons (Fsp3) is 0.417. The fourth-order valence-corrected chi connectivity index (χ4v) is 1.35. The second-order valence-corrected chi connectivity index (χ2v) is 4.28. The molecule has 1 atom stereocenters. The molecule has 3 N–H and O–H groups in total. The van der Waals surface area contributed by atoms with Crippen LogP contribution in [0.3, 0.4) is 0 Å². The molecule has 0 aliphatic rings. The summed E-state index contributed by atoms with van der Waals surface area (Å²) in [4.78, 5) is 10.7. The molecule has 18 heavy (non-hydrogen) atoms. The molecule has 0 saturated heterocycles. The van der Waals surface area contributed by atoms with Crippen molar-refractivity contribution < 1.29 is 23.4 Å². The molecule has 0 aromatic heterocycles. The molecule has 0 radical (unpaired) electrons. The summed E-state index contributed by atoms with van der Waals surface area (Å²) >= 11 is 0. The summed E-state index contributed by atoms with van der Waals surface area (Å²) in [6.45, 7) is 1.54. The summed E-state index contributed by atoms with van der Waals surface area (Å²) in [6.07, 6.45) is 0.581. The highest BCUT2D eigenvalue weighted by molar-refractivity contribution is 5.77. The third kappa shape index (κ3) is 4.29. The first-order valence-corrected chi connectivity index (χ1v) is 5.42. The normalized spacial score (nSPS) is 14.0. The van der Waals surface area contributed by atoms with E-state index in [-0.39, 0.29) is 18.8 Å². The van der Waals surface area contributed by atoms with Crippen LogP contribution in [0, 0.1) is 11.6 Å². The number of ether oxygens (including phenoxy) is 1. The zero-order valence-corrected chi connectivity index (χ0v) is 9.95. The van der Waals surface area contributed by atoms with Gasteiger partial charge < -0.3 is 15.6 Å². The van der Waals surface area contributed by atoms with Crippen LogP contribution in [0.4, 0.5) is 8.78 Å². The summed E-state index contributed by atoms with van der Waals surface area (Å²) in [5, 5.41) is 8.77. The summed E-state index contributed by atoms with van der Waals surface area (Å²) in [5.74, 6) is -2.47. The van der Waals surface area contributed by atoms with Crippen LogP contribution in [0.15, 0.2) is 18.2 Å². The number of rotatable bonds is 6. The monoisotopic (exact) mass is 259 g/mol. The molecule has 0 aliphatic heterocycles. The van der Waals surface area contributed by atoms with Gasteiger partial charge in [-0.05, 0) is 19.8 Å². The van der Waals surface area contributed by atoms with Crippen LogP contribution >= 0.6 is 0 Å². The smallest absolute Gasteiger partial charge is 0.323 e. The van der Waals surface area contributed by atoms with Crippen LogP contribution in [-0.4, -0.2) is 23.2 Å². The van der Waals surface area contributed by atoms with Gasteiger partial charge in [0.2, 0.25) is 0 Å².